The highest BCUT2D eigenvalue weighted by molar-refractivity contribution is 6.33. The fourth-order valence-corrected chi connectivity index (χ4v) is 1.40. The van der Waals surface area contributed by atoms with E-state index in [9.17, 15) is 4.79 Å². The van der Waals surface area contributed by atoms with Gasteiger partial charge in [-0.1, -0.05) is 16.8 Å². The van der Waals surface area contributed by atoms with Crippen molar-refractivity contribution in [3.63, 3.8) is 0 Å². The van der Waals surface area contributed by atoms with E-state index in [2.05, 4.69) is 10.3 Å². The molecule has 0 atom stereocenters. The van der Waals surface area contributed by atoms with E-state index in [-0.39, 0.29) is 5.56 Å². The standard InChI is InChI=1S/C9H7ClN4O/c10-8-2-1-6(5-7(8)9(11)15)14-4-3-12-13-14/h1-5H,(H2,11,15). The van der Waals surface area contributed by atoms with Crippen molar-refractivity contribution in [2.24, 2.45) is 5.73 Å². The van der Waals surface area contributed by atoms with E-state index in [0.717, 1.165) is 0 Å². The first-order valence-electron chi connectivity index (χ1n) is 4.14. The number of carbonyl (C=O) groups is 1. The molecule has 5 nitrogen and oxygen atoms in total. The molecular weight excluding hydrogens is 216 g/mol. The van der Waals surface area contributed by atoms with Gasteiger partial charge in [-0.05, 0) is 18.2 Å². The van der Waals surface area contributed by atoms with Gasteiger partial charge in [-0.15, -0.1) is 5.10 Å². The molecule has 0 unspecified atom stereocenters. The summed E-state index contributed by atoms with van der Waals surface area (Å²) in [7, 11) is 0. The lowest BCUT2D eigenvalue weighted by Gasteiger charge is -2.03. The van der Waals surface area contributed by atoms with Crippen LogP contribution in [0.15, 0.2) is 30.6 Å². The monoisotopic (exact) mass is 222 g/mol. The summed E-state index contributed by atoms with van der Waals surface area (Å²) in [4.78, 5) is 11.0. The van der Waals surface area contributed by atoms with E-state index in [0.29, 0.717) is 10.7 Å². The molecule has 0 spiro atoms. The van der Waals surface area contributed by atoms with Crippen molar-refractivity contribution in [2.75, 3.05) is 0 Å². The SMILES string of the molecule is NC(=O)c1cc(-n2ccnn2)ccc1Cl. The highest BCUT2D eigenvalue weighted by Crippen LogP contribution is 2.18. The van der Waals surface area contributed by atoms with Crippen LogP contribution in [0, 0.1) is 0 Å². The topological polar surface area (TPSA) is 73.8 Å². The molecule has 1 aromatic heterocycles. The Morgan fingerprint density at radius 2 is 2.27 bits per heavy atom. The van der Waals surface area contributed by atoms with Crippen LogP contribution in [0.4, 0.5) is 0 Å². The van der Waals surface area contributed by atoms with Gasteiger partial charge in [-0.25, -0.2) is 4.68 Å². The molecule has 2 N–H and O–H groups in total. The minimum absolute atomic E-state index is 0.268. The molecular formula is C9H7ClN4O. The van der Waals surface area contributed by atoms with Crippen molar-refractivity contribution < 1.29 is 4.79 Å². The second-order valence-electron chi connectivity index (χ2n) is 2.88. The number of hydrogen-bond acceptors (Lipinski definition) is 3. The number of rotatable bonds is 2. The first-order valence-corrected chi connectivity index (χ1v) is 4.52. The highest BCUT2D eigenvalue weighted by Gasteiger charge is 2.08. The third-order valence-electron chi connectivity index (χ3n) is 1.90. The second kappa shape index (κ2) is 3.70. The quantitative estimate of drug-likeness (QED) is 0.825. The summed E-state index contributed by atoms with van der Waals surface area (Å²) in [5.41, 5.74) is 6.12. The largest absolute Gasteiger partial charge is 0.366 e. The molecule has 0 aliphatic carbocycles. The number of nitrogens with zero attached hydrogens (tertiary/aromatic N) is 3. The normalized spacial score (nSPS) is 10.2. The van der Waals surface area contributed by atoms with Gasteiger partial charge in [-0.3, -0.25) is 4.79 Å². The van der Waals surface area contributed by atoms with E-state index in [1.165, 1.54) is 4.68 Å². The fraction of sp³-hybridized carbons (Fsp3) is 0. The molecule has 76 valence electrons. The Labute approximate surface area is 90.5 Å². The van der Waals surface area contributed by atoms with E-state index in [4.69, 9.17) is 17.3 Å². The van der Waals surface area contributed by atoms with Gasteiger partial charge in [0.25, 0.3) is 0 Å². The minimum atomic E-state index is -0.568. The fourth-order valence-electron chi connectivity index (χ4n) is 1.19. The number of primary amides is 1. The predicted molar refractivity (Wildman–Crippen MR) is 54.9 cm³/mol. The van der Waals surface area contributed by atoms with Crippen LogP contribution in [0.1, 0.15) is 10.4 Å². The van der Waals surface area contributed by atoms with E-state index in [1.54, 1.807) is 30.6 Å². The maximum Gasteiger partial charge on any atom is 0.250 e. The summed E-state index contributed by atoms with van der Waals surface area (Å²) in [6.07, 6.45) is 3.20. The molecule has 1 amide bonds. The van der Waals surface area contributed by atoms with Crippen molar-refractivity contribution >= 4 is 17.5 Å². The molecule has 0 saturated heterocycles. The number of nitrogens with two attached hydrogens (primary N) is 1. The lowest BCUT2D eigenvalue weighted by atomic mass is 10.2. The summed E-state index contributed by atoms with van der Waals surface area (Å²) in [5.74, 6) is -0.568. The van der Waals surface area contributed by atoms with Crippen LogP contribution in [0.3, 0.4) is 0 Å². The van der Waals surface area contributed by atoms with Crippen molar-refractivity contribution in [1.82, 2.24) is 15.0 Å². The van der Waals surface area contributed by atoms with Crippen molar-refractivity contribution in [3.8, 4) is 5.69 Å². The summed E-state index contributed by atoms with van der Waals surface area (Å²) in [6.45, 7) is 0. The van der Waals surface area contributed by atoms with Gasteiger partial charge in [0.1, 0.15) is 0 Å². The number of amides is 1. The summed E-state index contributed by atoms with van der Waals surface area (Å²) >= 11 is 5.81. The van der Waals surface area contributed by atoms with Gasteiger partial charge in [0.15, 0.2) is 0 Å². The lowest BCUT2D eigenvalue weighted by Crippen LogP contribution is -2.12. The summed E-state index contributed by atoms with van der Waals surface area (Å²) in [5, 5.41) is 7.77. The van der Waals surface area contributed by atoms with Gasteiger partial charge in [0.05, 0.1) is 28.7 Å². The van der Waals surface area contributed by atoms with E-state index < -0.39 is 5.91 Å². The van der Waals surface area contributed by atoms with Gasteiger partial charge >= 0.3 is 0 Å². The Morgan fingerprint density at radius 3 is 2.87 bits per heavy atom. The van der Waals surface area contributed by atoms with Gasteiger partial charge < -0.3 is 5.73 Å². The molecule has 2 aromatic rings. The third kappa shape index (κ3) is 1.82. The molecule has 1 heterocycles. The molecule has 0 aliphatic heterocycles. The molecule has 6 heteroatoms. The number of halogens is 1. The first-order chi connectivity index (χ1) is 7.18. The maximum atomic E-state index is 11.0. The zero-order valence-corrected chi connectivity index (χ0v) is 8.35. The molecule has 0 bridgehead atoms. The van der Waals surface area contributed by atoms with E-state index >= 15 is 0 Å². The maximum absolute atomic E-state index is 11.0. The Morgan fingerprint density at radius 1 is 1.47 bits per heavy atom. The Kier molecular flexibility index (Phi) is 2.39. The smallest absolute Gasteiger partial charge is 0.250 e. The third-order valence-corrected chi connectivity index (χ3v) is 2.23. The van der Waals surface area contributed by atoms with Gasteiger partial charge in [0, 0.05) is 0 Å². The van der Waals surface area contributed by atoms with Crippen molar-refractivity contribution in [1.29, 1.82) is 0 Å². The Hall–Kier alpha value is -1.88. The molecule has 1 aromatic carbocycles. The number of hydrogen-bond donors (Lipinski definition) is 1. The van der Waals surface area contributed by atoms with Crippen LogP contribution >= 0.6 is 11.6 Å². The number of carbonyl (C=O) groups excluding carboxylic acids is 1. The van der Waals surface area contributed by atoms with Crippen LogP contribution in [0.2, 0.25) is 5.02 Å². The first kappa shape index (κ1) is 9.67. The number of aromatic nitrogens is 3. The second-order valence-corrected chi connectivity index (χ2v) is 3.28. The van der Waals surface area contributed by atoms with Crippen LogP contribution in [0.25, 0.3) is 5.69 Å². The zero-order chi connectivity index (χ0) is 10.8. The van der Waals surface area contributed by atoms with Gasteiger partial charge in [0.2, 0.25) is 5.91 Å². The van der Waals surface area contributed by atoms with Crippen LogP contribution in [-0.2, 0) is 0 Å². The van der Waals surface area contributed by atoms with E-state index in [1.807, 2.05) is 0 Å². The zero-order valence-electron chi connectivity index (χ0n) is 7.59. The van der Waals surface area contributed by atoms with Crippen LogP contribution < -0.4 is 5.73 Å². The van der Waals surface area contributed by atoms with Crippen molar-refractivity contribution in [2.45, 2.75) is 0 Å². The molecule has 0 radical (unpaired) electrons. The predicted octanol–water partition coefficient (Wildman–Crippen LogP) is 1.02. The molecule has 0 aliphatic rings. The molecule has 2 rings (SSSR count). The van der Waals surface area contributed by atoms with Crippen molar-refractivity contribution in [3.05, 3.63) is 41.2 Å². The molecule has 15 heavy (non-hydrogen) atoms. The van der Waals surface area contributed by atoms with Crippen LogP contribution in [0.5, 0.6) is 0 Å². The highest BCUT2D eigenvalue weighted by atomic mass is 35.5. The lowest BCUT2D eigenvalue weighted by molar-refractivity contribution is 0.100. The average molecular weight is 223 g/mol. The summed E-state index contributed by atoms with van der Waals surface area (Å²) < 4.78 is 1.52. The molecule has 0 fully saturated rings. The van der Waals surface area contributed by atoms with Crippen LogP contribution in [-0.4, -0.2) is 20.9 Å². The minimum Gasteiger partial charge on any atom is -0.366 e. The molecule has 0 saturated carbocycles. The van der Waals surface area contributed by atoms with Gasteiger partial charge in [-0.2, -0.15) is 0 Å². The Balaban J connectivity index is 2.52. The number of benzene rings is 1. The average Bonchev–Trinajstić information content (AvgIpc) is 2.71. The Bertz CT molecular complexity index is 495. The summed E-state index contributed by atoms with van der Waals surface area (Å²) in [6, 6.07) is 4.89.